The van der Waals surface area contributed by atoms with E-state index in [0.717, 1.165) is 28.6 Å². The molecule has 0 unspecified atom stereocenters. The van der Waals surface area contributed by atoms with Crippen LogP contribution in [0.25, 0.3) is 22.2 Å². The highest BCUT2D eigenvalue weighted by Gasteiger charge is 2.37. The normalized spacial score (nSPS) is 12.1. The molecule has 0 atom stereocenters. The molecule has 0 spiro atoms. The molecule has 0 aliphatic heterocycles. The van der Waals surface area contributed by atoms with Crippen LogP contribution >= 0.6 is 0 Å². The molecular formula is C25H17F7N4O2. The largest absolute Gasteiger partial charge is 0.416 e. The highest BCUT2D eigenvalue weighted by molar-refractivity contribution is 6.06. The molecule has 0 radical (unpaired) electrons. The van der Waals surface area contributed by atoms with Gasteiger partial charge in [-0.25, -0.2) is 9.37 Å². The summed E-state index contributed by atoms with van der Waals surface area (Å²) in [5.74, 6) is -1.48. The van der Waals surface area contributed by atoms with Crippen molar-refractivity contribution in [2.45, 2.75) is 18.9 Å². The zero-order valence-electron chi connectivity index (χ0n) is 19.7. The summed E-state index contributed by atoms with van der Waals surface area (Å²) in [6, 6.07) is 5.92. The van der Waals surface area contributed by atoms with Crippen molar-refractivity contribution in [1.82, 2.24) is 19.4 Å². The van der Waals surface area contributed by atoms with Crippen molar-refractivity contribution in [3.8, 4) is 11.1 Å². The van der Waals surface area contributed by atoms with E-state index in [4.69, 9.17) is 0 Å². The molecule has 38 heavy (non-hydrogen) atoms. The third kappa shape index (κ3) is 5.08. The number of halogens is 7. The van der Waals surface area contributed by atoms with Gasteiger partial charge < -0.3 is 9.47 Å². The maximum atomic E-state index is 13.6. The molecule has 0 aliphatic rings. The first-order valence-corrected chi connectivity index (χ1v) is 10.8. The SMILES string of the molecule is CN(Cc1cc(C(F)(F)F)cc(C(F)(F)F)c1)C(=O)c1c(-c2ccc(F)cc2)c2nccnc2c(=O)n1C. The topological polar surface area (TPSA) is 68.1 Å². The fraction of sp³-hybridized carbons (Fsp3) is 0.200. The minimum atomic E-state index is -5.06. The zero-order chi connectivity index (χ0) is 28.0. The van der Waals surface area contributed by atoms with Gasteiger partial charge >= 0.3 is 12.4 Å². The molecule has 0 bridgehead atoms. The van der Waals surface area contributed by atoms with E-state index in [1.165, 1.54) is 31.6 Å². The summed E-state index contributed by atoms with van der Waals surface area (Å²) < 4.78 is 94.3. The molecule has 6 nitrogen and oxygen atoms in total. The van der Waals surface area contributed by atoms with Crippen LogP contribution in [-0.4, -0.2) is 32.4 Å². The minimum Gasteiger partial charge on any atom is -0.336 e. The van der Waals surface area contributed by atoms with Crippen LogP contribution in [0.5, 0.6) is 0 Å². The number of carbonyl (C=O) groups excluding carboxylic acids is 1. The number of hydrogen-bond donors (Lipinski definition) is 0. The van der Waals surface area contributed by atoms with E-state index in [-0.39, 0.29) is 33.9 Å². The lowest BCUT2D eigenvalue weighted by Crippen LogP contribution is -2.34. The van der Waals surface area contributed by atoms with Crippen LogP contribution < -0.4 is 5.56 Å². The fourth-order valence-electron chi connectivity index (χ4n) is 4.00. The molecule has 0 aliphatic carbocycles. The number of fused-ring (bicyclic) bond motifs is 1. The van der Waals surface area contributed by atoms with Gasteiger partial charge in [0.25, 0.3) is 11.5 Å². The lowest BCUT2D eigenvalue weighted by molar-refractivity contribution is -0.143. The molecule has 2 aromatic heterocycles. The van der Waals surface area contributed by atoms with Crippen molar-refractivity contribution in [1.29, 1.82) is 0 Å². The van der Waals surface area contributed by atoms with Crippen molar-refractivity contribution in [3.05, 3.63) is 93.4 Å². The summed E-state index contributed by atoms with van der Waals surface area (Å²) in [5, 5.41) is 0. The second kappa shape index (κ2) is 9.54. The van der Waals surface area contributed by atoms with Crippen molar-refractivity contribution < 1.29 is 35.5 Å². The number of amides is 1. The van der Waals surface area contributed by atoms with Crippen LogP contribution in [0.2, 0.25) is 0 Å². The monoisotopic (exact) mass is 538 g/mol. The van der Waals surface area contributed by atoms with Gasteiger partial charge in [-0.05, 0) is 41.5 Å². The van der Waals surface area contributed by atoms with E-state index in [1.54, 1.807) is 0 Å². The zero-order valence-corrected chi connectivity index (χ0v) is 19.7. The van der Waals surface area contributed by atoms with E-state index < -0.39 is 52.9 Å². The smallest absolute Gasteiger partial charge is 0.336 e. The molecular weight excluding hydrogens is 521 g/mol. The van der Waals surface area contributed by atoms with Gasteiger partial charge in [0.15, 0.2) is 5.52 Å². The highest BCUT2D eigenvalue weighted by atomic mass is 19.4. The third-order valence-electron chi connectivity index (χ3n) is 5.76. The van der Waals surface area contributed by atoms with Crippen LogP contribution in [-0.2, 0) is 25.9 Å². The van der Waals surface area contributed by atoms with Gasteiger partial charge in [-0.1, -0.05) is 12.1 Å². The molecule has 2 heterocycles. The second-order valence-electron chi connectivity index (χ2n) is 8.42. The van der Waals surface area contributed by atoms with Crippen molar-refractivity contribution in [3.63, 3.8) is 0 Å². The molecule has 4 aromatic rings. The van der Waals surface area contributed by atoms with E-state index in [2.05, 4.69) is 9.97 Å². The summed E-state index contributed by atoms with van der Waals surface area (Å²) in [6.45, 7) is -0.651. The number of pyridine rings is 1. The maximum Gasteiger partial charge on any atom is 0.416 e. The molecule has 0 saturated heterocycles. The number of alkyl halides is 6. The van der Waals surface area contributed by atoms with Gasteiger partial charge in [-0.2, -0.15) is 26.3 Å². The quantitative estimate of drug-likeness (QED) is 0.325. The van der Waals surface area contributed by atoms with E-state index >= 15 is 0 Å². The van der Waals surface area contributed by atoms with Gasteiger partial charge in [0, 0.05) is 38.6 Å². The molecule has 0 saturated carbocycles. The Morgan fingerprint density at radius 3 is 1.95 bits per heavy atom. The summed E-state index contributed by atoms with van der Waals surface area (Å²) >= 11 is 0. The Morgan fingerprint density at radius 1 is 0.895 bits per heavy atom. The summed E-state index contributed by atoms with van der Waals surface area (Å²) in [6.07, 6.45) is -7.59. The average Bonchev–Trinajstić information content (AvgIpc) is 2.85. The first-order chi connectivity index (χ1) is 17.7. The van der Waals surface area contributed by atoms with Gasteiger partial charge in [0.1, 0.15) is 17.0 Å². The third-order valence-corrected chi connectivity index (χ3v) is 5.76. The number of nitrogens with zero attached hydrogens (tertiary/aromatic N) is 4. The van der Waals surface area contributed by atoms with Crippen LogP contribution in [0, 0.1) is 5.82 Å². The molecule has 0 fully saturated rings. The lowest BCUT2D eigenvalue weighted by atomic mass is 10.00. The van der Waals surface area contributed by atoms with Gasteiger partial charge in [-0.3, -0.25) is 14.6 Å². The Morgan fingerprint density at radius 2 is 1.42 bits per heavy atom. The van der Waals surface area contributed by atoms with Crippen LogP contribution in [0.4, 0.5) is 30.7 Å². The summed E-state index contributed by atoms with van der Waals surface area (Å²) in [7, 11) is 2.42. The van der Waals surface area contributed by atoms with Crippen LogP contribution in [0.3, 0.4) is 0 Å². The van der Waals surface area contributed by atoms with Gasteiger partial charge in [0.2, 0.25) is 0 Å². The fourth-order valence-corrected chi connectivity index (χ4v) is 4.00. The number of hydrogen-bond acceptors (Lipinski definition) is 4. The first-order valence-electron chi connectivity index (χ1n) is 10.8. The van der Waals surface area contributed by atoms with E-state index in [9.17, 15) is 40.3 Å². The maximum absolute atomic E-state index is 13.6. The Labute approximate surface area is 210 Å². The average molecular weight is 538 g/mol. The minimum absolute atomic E-state index is 0.0102. The Kier molecular flexibility index (Phi) is 6.72. The molecule has 13 heteroatoms. The number of carbonyl (C=O) groups is 1. The lowest BCUT2D eigenvalue weighted by Gasteiger charge is -2.23. The summed E-state index contributed by atoms with van der Waals surface area (Å²) in [5.41, 5.74) is -4.17. The predicted octanol–water partition coefficient (Wildman–Crippen LogP) is 5.44. The Balaban J connectivity index is 1.86. The molecule has 2 aromatic carbocycles. The van der Waals surface area contributed by atoms with Crippen LogP contribution in [0.1, 0.15) is 27.2 Å². The predicted molar refractivity (Wildman–Crippen MR) is 122 cm³/mol. The van der Waals surface area contributed by atoms with Crippen molar-refractivity contribution in [2.75, 3.05) is 7.05 Å². The number of aromatic nitrogens is 3. The first kappa shape index (κ1) is 26.8. The number of rotatable bonds is 4. The van der Waals surface area contributed by atoms with E-state index in [0.29, 0.717) is 12.1 Å². The van der Waals surface area contributed by atoms with Crippen LogP contribution in [0.15, 0.2) is 59.7 Å². The summed E-state index contributed by atoms with van der Waals surface area (Å²) in [4.78, 5) is 35.6. The standard InChI is InChI=1S/C25H17F7N4O2/c1-35(12-13-9-15(24(27,28)29)11-16(10-13)25(30,31)32)23(38)21-18(14-3-5-17(26)6-4-14)19-20(22(37)36(21)2)34-8-7-33-19/h3-11H,12H2,1-2H3. The van der Waals surface area contributed by atoms with Crippen molar-refractivity contribution in [2.24, 2.45) is 7.05 Å². The molecule has 4 rings (SSSR count). The van der Waals surface area contributed by atoms with Gasteiger partial charge in [0.05, 0.1) is 11.1 Å². The highest BCUT2D eigenvalue weighted by Crippen LogP contribution is 2.37. The van der Waals surface area contributed by atoms with Crippen molar-refractivity contribution >= 4 is 16.9 Å². The number of benzene rings is 2. The second-order valence-corrected chi connectivity index (χ2v) is 8.42. The Hall–Kier alpha value is -4.29. The molecule has 1 amide bonds. The van der Waals surface area contributed by atoms with Gasteiger partial charge in [-0.15, -0.1) is 0 Å². The molecule has 0 N–H and O–H groups in total. The Bertz CT molecular complexity index is 1560. The molecule has 198 valence electrons. The van der Waals surface area contributed by atoms with E-state index in [1.807, 2.05) is 0 Å².